The van der Waals surface area contributed by atoms with Crippen LogP contribution in [0.1, 0.15) is 12.8 Å². The number of rotatable bonds is 2. The van der Waals surface area contributed by atoms with Gasteiger partial charge in [-0.2, -0.15) is 0 Å². The lowest BCUT2D eigenvalue weighted by Crippen LogP contribution is -2.11. The van der Waals surface area contributed by atoms with Crippen LogP contribution in [0.25, 0.3) is 0 Å². The highest BCUT2D eigenvalue weighted by Gasteiger charge is 2.26. The second-order valence-electron chi connectivity index (χ2n) is 3.26. The smallest absolute Gasteiger partial charge is 0.161 e. The molecule has 1 aliphatic carbocycles. The summed E-state index contributed by atoms with van der Waals surface area (Å²) in [4.78, 5) is 11.2. The van der Waals surface area contributed by atoms with E-state index in [1.165, 1.54) is 0 Å². The molecule has 1 fully saturated rings. The van der Waals surface area contributed by atoms with Gasteiger partial charge in [0.05, 0.1) is 19.3 Å². The minimum Gasteiger partial charge on any atom is -0.389 e. The van der Waals surface area contributed by atoms with Crippen molar-refractivity contribution in [2.75, 3.05) is 13.2 Å². The Bertz CT molecular complexity index is 240. The van der Waals surface area contributed by atoms with Crippen LogP contribution < -0.4 is 0 Å². The van der Waals surface area contributed by atoms with Crippen LogP contribution in [0.3, 0.4) is 0 Å². The second-order valence-corrected chi connectivity index (χ2v) is 3.26. The summed E-state index contributed by atoms with van der Waals surface area (Å²) in [5, 5.41) is 9.17. The van der Waals surface area contributed by atoms with Gasteiger partial charge in [0.2, 0.25) is 0 Å². The zero-order valence-corrected chi connectivity index (χ0v) is 7.23. The fourth-order valence-corrected chi connectivity index (χ4v) is 1.59. The molecule has 1 N–H and O–H groups in total. The Morgan fingerprint density at radius 2 is 2.15 bits per heavy atom. The van der Waals surface area contributed by atoms with Gasteiger partial charge in [0, 0.05) is 12.8 Å². The quantitative estimate of drug-likeness (QED) is 0.656. The van der Waals surface area contributed by atoms with Gasteiger partial charge in [-0.1, -0.05) is 0 Å². The van der Waals surface area contributed by atoms with E-state index in [2.05, 4.69) is 0 Å². The van der Waals surface area contributed by atoms with Crippen LogP contribution in [0.5, 0.6) is 0 Å². The minimum atomic E-state index is -0.607. The highest BCUT2D eigenvalue weighted by Crippen LogP contribution is 2.22. The lowest BCUT2D eigenvalue weighted by molar-refractivity contribution is -0.117. The Labute approximate surface area is 76.1 Å². The molecule has 0 aromatic rings. The highest BCUT2D eigenvalue weighted by atomic mass is 16.7. The second kappa shape index (κ2) is 3.57. The SMILES string of the molecule is O=C1CC(O)C=C1CC1OCCO1. The first-order chi connectivity index (χ1) is 6.25. The summed E-state index contributed by atoms with van der Waals surface area (Å²) < 4.78 is 10.4. The first kappa shape index (κ1) is 8.87. The van der Waals surface area contributed by atoms with E-state index in [0.717, 1.165) is 0 Å². The Morgan fingerprint density at radius 3 is 2.69 bits per heavy atom. The fourth-order valence-electron chi connectivity index (χ4n) is 1.59. The van der Waals surface area contributed by atoms with Crippen LogP contribution in [-0.4, -0.2) is 36.5 Å². The van der Waals surface area contributed by atoms with Gasteiger partial charge in [-0.3, -0.25) is 4.79 Å². The van der Waals surface area contributed by atoms with Gasteiger partial charge in [-0.25, -0.2) is 0 Å². The van der Waals surface area contributed by atoms with E-state index >= 15 is 0 Å². The number of ketones is 1. The predicted octanol–water partition coefficient (Wildman–Crippen LogP) is 0.00950. The van der Waals surface area contributed by atoms with E-state index < -0.39 is 6.10 Å². The normalized spacial score (nSPS) is 29.8. The molecule has 2 rings (SSSR count). The maximum absolute atomic E-state index is 11.2. The molecule has 0 bridgehead atoms. The molecule has 0 aromatic heterocycles. The van der Waals surface area contributed by atoms with Crippen LogP contribution in [-0.2, 0) is 14.3 Å². The van der Waals surface area contributed by atoms with Gasteiger partial charge in [-0.05, 0) is 11.6 Å². The van der Waals surface area contributed by atoms with E-state index in [9.17, 15) is 4.79 Å². The summed E-state index contributed by atoms with van der Waals surface area (Å²) in [6, 6.07) is 0. The lowest BCUT2D eigenvalue weighted by Gasteiger charge is -2.07. The van der Waals surface area contributed by atoms with Crippen molar-refractivity contribution < 1.29 is 19.4 Å². The van der Waals surface area contributed by atoms with Gasteiger partial charge < -0.3 is 14.6 Å². The van der Waals surface area contributed by atoms with E-state index in [1.54, 1.807) is 6.08 Å². The summed E-state index contributed by atoms with van der Waals surface area (Å²) in [7, 11) is 0. The average Bonchev–Trinajstić information content (AvgIpc) is 2.63. The molecule has 0 amide bonds. The molecule has 2 aliphatic rings. The van der Waals surface area contributed by atoms with Crippen LogP contribution in [0.2, 0.25) is 0 Å². The molecule has 1 atom stereocenters. The highest BCUT2D eigenvalue weighted by molar-refractivity contribution is 5.98. The average molecular weight is 184 g/mol. The van der Waals surface area contributed by atoms with Crippen molar-refractivity contribution >= 4 is 5.78 Å². The third kappa shape index (κ3) is 1.96. The number of aliphatic hydroxyl groups excluding tert-OH is 1. The molecule has 1 saturated heterocycles. The van der Waals surface area contributed by atoms with Crippen molar-refractivity contribution in [2.45, 2.75) is 25.2 Å². The van der Waals surface area contributed by atoms with Crippen LogP contribution >= 0.6 is 0 Å². The largest absolute Gasteiger partial charge is 0.389 e. The first-order valence-electron chi connectivity index (χ1n) is 4.41. The molecule has 1 heterocycles. The predicted molar refractivity (Wildman–Crippen MR) is 44.0 cm³/mol. The van der Waals surface area contributed by atoms with Crippen molar-refractivity contribution in [1.82, 2.24) is 0 Å². The number of carbonyl (C=O) groups excluding carboxylic acids is 1. The number of hydrogen-bond acceptors (Lipinski definition) is 4. The number of carbonyl (C=O) groups is 1. The third-order valence-electron chi connectivity index (χ3n) is 2.22. The maximum atomic E-state index is 11.2. The molecule has 0 saturated carbocycles. The summed E-state index contributed by atoms with van der Waals surface area (Å²) in [5.74, 6) is 0.00611. The molecule has 4 nitrogen and oxygen atoms in total. The van der Waals surface area contributed by atoms with Crippen molar-refractivity contribution in [3.8, 4) is 0 Å². The first-order valence-corrected chi connectivity index (χ1v) is 4.41. The van der Waals surface area contributed by atoms with E-state index in [1.807, 2.05) is 0 Å². The molecule has 0 radical (unpaired) electrons. The van der Waals surface area contributed by atoms with Crippen molar-refractivity contribution in [3.05, 3.63) is 11.6 Å². The fraction of sp³-hybridized carbons (Fsp3) is 0.667. The molecule has 4 heteroatoms. The molecule has 0 spiro atoms. The lowest BCUT2D eigenvalue weighted by atomic mass is 10.1. The summed E-state index contributed by atoms with van der Waals surface area (Å²) in [5.41, 5.74) is 0.638. The number of Topliss-reactive ketones (excluding diaryl/α,β-unsaturated/α-hetero) is 1. The van der Waals surface area contributed by atoms with Gasteiger partial charge >= 0.3 is 0 Å². The van der Waals surface area contributed by atoms with Gasteiger partial charge in [0.1, 0.15) is 0 Å². The zero-order chi connectivity index (χ0) is 9.26. The molecule has 0 aromatic carbocycles. The van der Waals surface area contributed by atoms with Gasteiger partial charge in [-0.15, -0.1) is 0 Å². The number of ether oxygens (including phenoxy) is 2. The van der Waals surface area contributed by atoms with Crippen molar-refractivity contribution in [3.63, 3.8) is 0 Å². The van der Waals surface area contributed by atoms with Gasteiger partial charge in [0.15, 0.2) is 12.1 Å². The monoisotopic (exact) mass is 184 g/mol. The maximum Gasteiger partial charge on any atom is 0.161 e. The van der Waals surface area contributed by atoms with Crippen LogP contribution in [0, 0.1) is 0 Å². The Balaban J connectivity index is 1.93. The van der Waals surface area contributed by atoms with Crippen LogP contribution in [0.15, 0.2) is 11.6 Å². The van der Waals surface area contributed by atoms with Crippen LogP contribution in [0.4, 0.5) is 0 Å². The molecular weight excluding hydrogens is 172 g/mol. The Kier molecular flexibility index (Phi) is 2.44. The third-order valence-corrected chi connectivity index (χ3v) is 2.22. The van der Waals surface area contributed by atoms with Crippen molar-refractivity contribution in [1.29, 1.82) is 0 Å². The molecule has 13 heavy (non-hydrogen) atoms. The zero-order valence-electron chi connectivity index (χ0n) is 7.23. The standard InChI is InChI=1S/C9H12O4/c10-7-3-6(8(11)5-7)4-9-12-1-2-13-9/h3,7,9-10H,1-2,4-5H2. The number of aliphatic hydroxyl groups is 1. The topological polar surface area (TPSA) is 55.8 Å². The van der Waals surface area contributed by atoms with E-state index in [0.29, 0.717) is 25.2 Å². The Hall–Kier alpha value is -0.710. The summed E-state index contributed by atoms with van der Waals surface area (Å²) in [6.07, 6.45) is 1.37. The molecule has 1 unspecified atom stereocenters. The Morgan fingerprint density at radius 1 is 1.46 bits per heavy atom. The minimum absolute atomic E-state index is 0.00611. The molecular formula is C9H12O4. The van der Waals surface area contributed by atoms with E-state index in [4.69, 9.17) is 14.6 Å². The van der Waals surface area contributed by atoms with Gasteiger partial charge in [0.25, 0.3) is 0 Å². The van der Waals surface area contributed by atoms with E-state index in [-0.39, 0.29) is 18.5 Å². The van der Waals surface area contributed by atoms with Crippen molar-refractivity contribution in [2.24, 2.45) is 0 Å². The summed E-state index contributed by atoms with van der Waals surface area (Å²) >= 11 is 0. The molecule has 1 aliphatic heterocycles. The molecule has 72 valence electrons. The number of hydrogen-bond donors (Lipinski definition) is 1. The summed E-state index contributed by atoms with van der Waals surface area (Å²) in [6.45, 7) is 1.18.